The second kappa shape index (κ2) is 9.95. The molecule has 0 spiro atoms. The van der Waals surface area contributed by atoms with Gasteiger partial charge in [0.1, 0.15) is 22.8 Å². The third-order valence-electron chi connectivity index (χ3n) is 6.31. The smallest absolute Gasteiger partial charge is 0.352 e. The SMILES string of the molecule is Nc1nc(/C(=N/O)C(=O)NC2C(=O)N3C(C(=O)O)=C(C=C4CCN(c5ccc(O)c(O)c5)C4=O)CSC23)cs1. The molecule has 2 saturated heterocycles. The molecule has 202 valence electrons. The molecule has 1 aromatic heterocycles. The predicted octanol–water partition coefficient (Wildman–Crippen LogP) is 0.417. The van der Waals surface area contributed by atoms with Crippen LogP contribution in [0.5, 0.6) is 11.5 Å². The highest BCUT2D eigenvalue weighted by molar-refractivity contribution is 8.00. The van der Waals surface area contributed by atoms with Crippen LogP contribution in [0.3, 0.4) is 0 Å². The number of thioether (sulfide) groups is 1. The van der Waals surface area contributed by atoms with Crippen LogP contribution in [0.2, 0.25) is 0 Å². The molecule has 7 N–H and O–H groups in total. The molecule has 2 aromatic rings. The molecule has 14 nitrogen and oxygen atoms in total. The second-order valence-electron chi connectivity index (χ2n) is 8.61. The van der Waals surface area contributed by atoms with Gasteiger partial charge in [-0.1, -0.05) is 5.16 Å². The molecule has 0 saturated carbocycles. The highest BCUT2D eigenvalue weighted by Crippen LogP contribution is 2.41. The van der Waals surface area contributed by atoms with Gasteiger partial charge in [-0.05, 0) is 30.2 Å². The normalized spacial score (nSPS) is 22.3. The maximum atomic E-state index is 13.0. The molecule has 0 aliphatic carbocycles. The maximum Gasteiger partial charge on any atom is 0.352 e. The molecule has 0 bridgehead atoms. The highest BCUT2D eigenvalue weighted by atomic mass is 32.2. The number of rotatable bonds is 6. The van der Waals surface area contributed by atoms with Gasteiger partial charge in [-0.3, -0.25) is 19.3 Å². The Bertz CT molecular complexity index is 1520. The molecule has 1 aromatic carbocycles. The van der Waals surface area contributed by atoms with Gasteiger partial charge in [-0.15, -0.1) is 23.1 Å². The van der Waals surface area contributed by atoms with Gasteiger partial charge in [-0.25, -0.2) is 9.78 Å². The van der Waals surface area contributed by atoms with E-state index in [1.54, 1.807) is 0 Å². The number of hydrogen-bond acceptors (Lipinski definition) is 12. The Kier molecular flexibility index (Phi) is 6.65. The summed E-state index contributed by atoms with van der Waals surface area (Å²) in [6.45, 7) is 0.274. The molecule has 4 heterocycles. The zero-order chi connectivity index (χ0) is 28.0. The van der Waals surface area contributed by atoms with E-state index in [1.165, 1.54) is 46.3 Å². The summed E-state index contributed by atoms with van der Waals surface area (Å²) in [5.41, 5.74) is 5.79. The van der Waals surface area contributed by atoms with E-state index in [0.29, 0.717) is 17.7 Å². The van der Waals surface area contributed by atoms with E-state index in [4.69, 9.17) is 5.73 Å². The minimum Gasteiger partial charge on any atom is -0.504 e. The number of phenolic OH excluding ortho intramolecular Hbond substituents is 2. The number of benzene rings is 1. The molecular weight excluding hydrogens is 552 g/mol. The molecule has 2 unspecified atom stereocenters. The lowest BCUT2D eigenvalue weighted by Gasteiger charge is -2.49. The monoisotopic (exact) mass is 572 g/mol. The van der Waals surface area contributed by atoms with Crippen molar-refractivity contribution in [2.75, 3.05) is 22.9 Å². The minimum absolute atomic E-state index is 0.0234. The summed E-state index contributed by atoms with van der Waals surface area (Å²) >= 11 is 2.23. The number of carbonyl (C=O) groups excluding carboxylic acids is 3. The number of phenols is 2. The number of fused-ring (bicyclic) bond motifs is 1. The molecule has 39 heavy (non-hydrogen) atoms. The fraction of sp³-hybridized carbons (Fsp3) is 0.217. The first kappa shape index (κ1) is 26.1. The van der Waals surface area contributed by atoms with Crippen LogP contribution >= 0.6 is 23.1 Å². The van der Waals surface area contributed by atoms with Crippen LogP contribution in [0.25, 0.3) is 0 Å². The number of nitrogen functional groups attached to an aromatic ring is 1. The molecule has 16 heteroatoms. The number of carboxylic acid groups (broad SMARTS) is 1. The largest absolute Gasteiger partial charge is 0.504 e. The van der Waals surface area contributed by atoms with Crippen molar-refractivity contribution in [1.29, 1.82) is 0 Å². The first-order valence-corrected chi connectivity index (χ1v) is 13.2. The number of β-lactam (4-membered cyclic amide) rings is 1. The lowest BCUT2D eigenvalue weighted by atomic mass is 10.0. The maximum absolute atomic E-state index is 13.0. The molecule has 5 rings (SSSR count). The van der Waals surface area contributed by atoms with Crippen molar-refractivity contribution in [3.8, 4) is 11.5 Å². The summed E-state index contributed by atoms with van der Waals surface area (Å²) in [4.78, 5) is 57.2. The topological polar surface area (TPSA) is 219 Å². The Labute approximate surface area is 227 Å². The number of oxime groups is 1. The number of amides is 3. The van der Waals surface area contributed by atoms with Crippen molar-refractivity contribution in [2.24, 2.45) is 5.16 Å². The van der Waals surface area contributed by atoms with Gasteiger partial charge < -0.3 is 36.5 Å². The number of hydrogen-bond donors (Lipinski definition) is 6. The van der Waals surface area contributed by atoms with E-state index in [0.717, 1.165) is 16.2 Å². The van der Waals surface area contributed by atoms with E-state index < -0.39 is 40.8 Å². The minimum atomic E-state index is -1.37. The van der Waals surface area contributed by atoms with Crippen molar-refractivity contribution in [1.82, 2.24) is 15.2 Å². The van der Waals surface area contributed by atoms with Crippen LogP contribution in [0.4, 0.5) is 10.8 Å². The van der Waals surface area contributed by atoms with Gasteiger partial charge in [0.2, 0.25) is 0 Å². The average molecular weight is 573 g/mol. The Morgan fingerprint density at radius 1 is 1.23 bits per heavy atom. The van der Waals surface area contributed by atoms with Crippen LogP contribution in [0.1, 0.15) is 12.1 Å². The fourth-order valence-electron chi connectivity index (χ4n) is 4.46. The van der Waals surface area contributed by atoms with Crippen molar-refractivity contribution >= 4 is 63.3 Å². The third kappa shape index (κ3) is 4.52. The lowest BCUT2D eigenvalue weighted by molar-refractivity contribution is -0.150. The first-order chi connectivity index (χ1) is 18.6. The molecular formula is C23H20N6O8S2. The summed E-state index contributed by atoms with van der Waals surface area (Å²) in [5, 5.41) is 44.8. The van der Waals surface area contributed by atoms with Crippen LogP contribution in [0.15, 0.2) is 51.7 Å². The van der Waals surface area contributed by atoms with Crippen molar-refractivity contribution in [3.05, 3.63) is 52.2 Å². The number of nitrogens with one attached hydrogen (secondary N) is 1. The first-order valence-electron chi connectivity index (χ1n) is 11.3. The Hall–Kier alpha value is -4.57. The van der Waals surface area contributed by atoms with E-state index in [1.807, 2.05) is 0 Å². The number of carboxylic acids is 1. The Morgan fingerprint density at radius 2 is 2.00 bits per heavy atom. The van der Waals surface area contributed by atoms with Crippen LogP contribution < -0.4 is 16.0 Å². The van der Waals surface area contributed by atoms with Crippen molar-refractivity contribution in [2.45, 2.75) is 17.8 Å². The van der Waals surface area contributed by atoms with Gasteiger partial charge in [0.05, 0.1) is 0 Å². The molecule has 3 aliphatic heterocycles. The number of carbonyl (C=O) groups is 4. The third-order valence-corrected chi connectivity index (χ3v) is 8.29. The number of aliphatic carboxylic acids is 1. The zero-order valence-electron chi connectivity index (χ0n) is 19.8. The quantitative estimate of drug-likeness (QED) is 0.0695. The van der Waals surface area contributed by atoms with Crippen molar-refractivity contribution < 1.29 is 39.7 Å². The number of allylic oxidation sites excluding steroid dienone is 1. The van der Waals surface area contributed by atoms with E-state index >= 15 is 0 Å². The summed E-state index contributed by atoms with van der Waals surface area (Å²) < 4.78 is 0. The number of thiazole rings is 1. The van der Waals surface area contributed by atoms with Gasteiger partial charge in [0.25, 0.3) is 17.7 Å². The van der Waals surface area contributed by atoms with E-state index in [2.05, 4.69) is 15.5 Å². The van der Waals surface area contributed by atoms with Gasteiger partial charge in [-0.2, -0.15) is 0 Å². The van der Waals surface area contributed by atoms with E-state index in [9.17, 15) is 39.7 Å². The van der Waals surface area contributed by atoms with Crippen LogP contribution in [0, 0.1) is 0 Å². The number of nitrogens with zero attached hydrogens (tertiary/aromatic N) is 4. The van der Waals surface area contributed by atoms with Crippen molar-refractivity contribution in [3.63, 3.8) is 0 Å². The number of nitrogens with two attached hydrogens (primary N) is 1. The van der Waals surface area contributed by atoms with Crippen LogP contribution in [-0.2, 0) is 19.2 Å². The lowest BCUT2D eigenvalue weighted by Crippen LogP contribution is -2.71. The summed E-state index contributed by atoms with van der Waals surface area (Å²) in [5.74, 6) is -3.89. The highest BCUT2D eigenvalue weighted by Gasteiger charge is 2.54. The number of aromatic hydroxyl groups is 2. The Morgan fingerprint density at radius 3 is 2.64 bits per heavy atom. The summed E-state index contributed by atoms with van der Waals surface area (Å²) in [6.07, 6.45) is 1.75. The zero-order valence-corrected chi connectivity index (χ0v) is 21.4. The van der Waals surface area contributed by atoms with Gasteiger partial charge in [0, 0.05) is 35.0 Å². The molecule has 2 fully saturated rings. The van der Waals surface area contributed by atoms with Gasteiger partial charge >= 0.3 is 5.97 Å². The predicted molar refractivity (Wildman–Crippen MR) is 139 cm³/mol. The van der Waals surface area contributed by atoms with E-state index in [-0.39, 0.29) is 45.9 Å². The number of anilines is 2. The standard InChI is InChI=1S/C23H20N6O8S2/c24-23-25-12(8-39-23)15(27-37)18(32)26-16-20(34)29-17(22(35)36)10(7-38-21(16)29)5-9-3-4-28(19(9)33)11-1-2-13(30)14(31)6-11/h1-2,5-6,8,16,21,30-31,37H,3-4,7H2,(H2,24,25)(H,26,32)(H,35,36)/b9-5?,27-15-. The second-order valence-corrected chi connectivity index (χ2v) is 10.6. The summed E-state index contributed by atoms with van der Waals surface area (Å²) in [6, 6.07) is 2.91. The number of aromatic nitrogens is 1. The summed E-state index contributed by atoms with van der Waals surface area (Å²) in [7, 11) is 0. The molecule has 0 radical (unpaired) electrons. The van der Waals surface area contributed by atoms with Gasteiger partial charge in [0.15, 0.2) is 22.3 Å². The molecule has 3 amide bonds. The molecule has 3 aliphatic rings. The fourth-order valence-corrected chi connectivity index (χ4v) is 6.31. The average Bonchev–Trinajstić information content (AvgIpc) is 3.49. The molecule has 2 atom stereocenters. The Balaban J connectivity index is 1.35. The van der Waals surface area contributed by atoms with Crippen LogP contribution in [-0.4, -0.2) is 83.5 Å².